The zero-order valence-electron chi connectivity index (χ0n) is 11.8. The first-order valence-corrected chi connectivity index (χ1v) is 7.08. The molecule has 110 valence electrons. The van der Waals surface area contributed by atoms with Crippen molar-refractivity contribution in [3.8, 4) is 0 Å². The van der Waals surface area contributed by atoms with E-state index in [1.807, 2.05) is 13.8 Å². The van der Waals surface area contributed by atoms with Gasteiger partial charge in [0.05, 0.1) is 12.7 Å². The highest BCUT2D eigenvalue weighted by Gasteiger charge is 2.22. The first-order valence-electron chi connectivity index (χ1n) is 6.29. The van der Waals surface area contributed by atoms with Crippen LogP contribution in [0.3, 0.4) is 0 Å². The predicted molar refractivity (Wildman–Crippen MR) is 81.5 cm³/mol. The lowest BCUT2D eigenvalue weighted by molar-refractivity contribution is -0.141. The van der Waals surface area contributed by atoms with Gasteiger partial charge in [-0.25, -0.2) is 4.79 Å². The van der Waals surface area contributed by atoms with Gasteiger partial charge in [-0.2, -0.15) is 0 Å². The summed E-state index contributed by atoms with van der Waals surface area (Å²) in [6, 6.07) is 4.68. The number of methoxy groups -OCH3 is 1. The summed E-state index contributed by atoms with van der Waals surface area (Å²) in [5, 5.41) is 3.05. The molecule has 0 bridgehead atoms. The molecule has 1 aromatic rings. The Hall–Kier alpha value is -1.56. The number of nitrogens with two attached hydrogens (primary N) is 1. The minimum absolute atomic E-state index is 0.302. The fourth-order valence-electron chi connectivity index (χ4n) is 1.91. The molecule has 0 aromatic heterocycles. The quantitative estimate of drug-likeness (QED) is 0.778. The summed E-state index contributed by atoms with van der Waals surface area (Å²) in [7, 11) is 1.34. The number of benzene rings is 1. The average Bonchev–Trinajstić information content (AvgIpc) is 2.36. The maximum absolute atomic E-state index is 11.8. The molecular weight excluding hydrogens is 324 g/mol. The monoisotopic (exact) mass is 342 g/mol. The second kappa shape index (κ2) is 7.28. The largest absolute Gasteiger partial charge is 0.467 e. The second-order valence-corrected chi connectivity index (χ2v) is 5.73. The first-order chi connectivity index (χ1) is 9.36. The molecule has 0 radical (unpaired) electrons. The first kappa shape index (κ1) is 16.5. The molecule has 1 aromatic carbocycles. The number of amides is 1. The standard InChI is InChI=1S/C14H19BrN2O3/c1-8(2)7-11(14(19)20-3)17-10-6-4-5-9(15)12(10)13(16)18/h4-6,8,11,17H,7H2,1-3H3,(H2,16,18). The normalized spacial score (nSPS) is 12.1. The van der Waals surface area contributed by atoms with Gasteiger partial charge in [-0.15, -0.1) is 0 Å². The zero-order valence-corrected chi connectivity index (χ0v) is 13.4. The summed E-state index contributed by atoms with van der Waals surface area (Å²) in [4.78, 5) is 23.3. The number of carbonyl (C=O) groups excluding carboxylic acids is 2. The minimum atomic E-state index is -0.562. The van der Waals surface area contributed by atoms with Crippen LogP contribution >= 0.6 is 15.9 Å². The molecule has 0 spiro atoms. The lowest BCUT2D eigenvalue weighted by atomic mass is 10.0. The highest BCUT2D eigenvalue weighted by molar-refractivity contribution is 9.10. The van der Waals surface area contributed by atoms with Gasteiger partial charge in [0.15, 0.2) is 0 Å². The highest BCUT2D eigenvalue weighted by atomic mass is 79.9. The van der Waals surface area contributed by atoms with Crippen molar-refractivity contribution in [2.24, 2.45) is 11.7 Å². The van der Waals surface area contributed by atoms with Crippen LogP contribution in [0.25, 0.3) is 0 Å². The number of esters is 1. The van der Waals surface area contributed by atoms with Crippen molar-refractivity contribution in [1.29, 1.82) is 0 Å². The Morgan fingerprint density at radius 2 is 2.05 bits per heavy atom. The van der Waals surface area contributed by atoms with Crippen LogP contribution in [-0.2, 0) is 9.53 Å². The number of carbonyl (C=O) groups is 2. The fourth-order valence-corrected chi connectivity index (χ4v) is 2.47. The van der Waals surface area contributed by atoms with Crippen molar-refractivity contribution in [2.45, 2.75) is 26.3 Å². The predicted octanol–water partition coefficient (Wildman–Crippen LogP) is 2.55. The van der Waals surface area contributed by atoms with Crippen LogP contribution in [0.15, 0.2) is 22.7 Å². The topological polar surface area (TPSA) is 81.4 Å². The smallest absolute Gasteiger partial charge is 0.328 e. The van der Waals surface area contributed by atoms with Crippen LogP contribution in [0, 0.1) is 5.92 Å². The molecule has 5 nitrogen and oxygen atoms in total. The second-order valence-electron chi connectivity index (χ2n) is 4.88. The Morgan fingerprint density at radius 1 is 1.40 bits per heavy atom. The van der Waals surface area contributed by atoms with Gasteiger partial charge in [0.25, 0.3) is 5.91 Å². The summed E-state index contributed by atoms with van der Waals surface area (Å²) >= 11 is 3.29. The maximum atomic E-state index is 11.8. The van der Waals surface area contributed by atoms with Crippen molar-refractivity contribution >= 4 is 33.5 Å². The van der Waals surface area contributed by atoms with Gasteiger partial charge in [-0.1, -0.05) is 19.9 Å². The molecule has 1 unspecified atom stereocenters. The van der Waals surface area contributed by atoms with E-state index >= 15 is 0 Å². The summed E-state index contributed by atoms with van der Waals surface area (Å²) < 4.78 is 5.37. The van der Waals surface area contributed by atoms with Crippen molar-refractivity contribution < 1.29 is 14.3 Å². The number of nitrogens with one attached hydrogen (secondary N) is 1. The van der Waals surface area contributed by atoms with Gasteiger partial charge in [-0.3, -0.25) is 4.79 Å². The van der Waals surface area contributed by atoms with E-state index in [0.717, 1.165) is 0 Å². The van der Waals surface area contributed by atoms with E-state index in [4.69, 9.17) is 10.5 Å². The van der Waals surface area contributed by atoms with E-state index in [0.29, 0.717) is 28.1 Å². The molecule has 20 heavy (non-hydrogen) atoms. The molecule has 0 fully saturated rings. The van der Waals surface area contributed by atoms with Crippen LogP contribution < -0.4 is 11.1 Å². The van der Waals surface area contributed by atoms with E-state index in [1.54, 1.807) is 18.2 Å². The number of anilines is 1. The lowest BCUT2D eigenvalue weighted by Crippen LogP contribution is -2.33. The number of hydrogen-bond acceptors (Lipinski definition) is 4. The third-order valence-electron chi connectivity index (χ3n) is 2.78. The molecule has 3 N–H and O–H groups in total. The van der Waals surface area contributed by atoms with E-state index in [1.165, 1.54) is 7.11 Å². The number of primary amides is 1. The Balaban J connectivity index is 3.08. The molecule has 0 heterocycles. The molecular formula is C14H19BrN2O3. The van der Waals surface area contributed by atoms with E-state index in [9.17, 15) is 9.59 Å². The SMILES string of the molecule is COC(=O)C(CC(C)C)Nc1cccc(Br)c1C(N)=O. The van der Waals surface area contributed by atoms with Crippen LogP contribution in [0.2, 0.25) is 0 Å². The Bertz CT molecular complexity index is 503. The average molecular weight is 343 g/mol. The molecule has 0 saturated heterocycles. The minimum Gasteiger partial charge on any atom is -0.467 e. The van der Waals surface area contributed by atoms with Crippen LogP contribution in [-0.4, -0.2) is 25.0 Å². The number of halogens is 1. The molecule has 0 saturated carbocycles. The van der Waals surface area contributed by atoms with Crippen LogP contribution in [0.4, 0.5) is 5.69 Å². The van der Waals surface area contributed by atoms with Gasteiger partial charge >= 0.3 is 5.97 Å². The van der Waals surface area contributed by atoms with Crippen molar-refractivity contribution in [2.75, 3.05) is 12.4 Å². The van der Waals surface area contributed by atoms with Crippen molar-refractivity contribution in [3.05, 3.63) is 28.2 Å². The zero-order chi connectivity index (χ0) is 15.3. The molecule has 0 aliphatic rings. The van der Waals surface area contributed by atoms with Gasteiger partial charge in [0, 0.05) is 10.2 Å². The van der Waals surface area contributed by atoms with Crippen LogP contribution in [0.1, 0.15) is 30.6 Å². The fraction of sp³-hybridized carbons (Fsp3) is 0.429. The van der Waals surface area contributed by atoms with Gasteiger partial charge in [0.1, 0.15) is 6.04 Å². The maximum Gasteiger partial charge on any atom is 0.328 e. The van der Waals surface area contributed by atoms with Crippen molar-refractivity contribution in [3.63, 3.8) is 0 Å². The van der Waals surface area contributed by atoms with E-state index < -0.39 is 11.9 Å². The molecule has 1 atom stereocenters. The summed E-state index contributed by atoms with van der Waals surface area (Å²) in [6.45, 7) is 4.01. The van der Waals surface area contributed by atoms with E-state index in [2.05, 4.69) is 21.2 Å². The molecule has 0 aliphatic carbocycles. The van der Waals surface area contributed by atoms with Gasteiger partial charge < -0.3 is 15.8 Å². The molecule has 1 rings (SSSR count). The summed E-state index contributed by atoms with van der Waals surface area (Å²) in [6.07, 6.45) is 0.595. The number of rotatable bonds is 6. The Morgan fingerprint density at radius 3 is 2.55 bits per heavy atom. The lowest BCUT2D eigenvalue weighted by Gasteiger charge is -2.21. The molecule has 1 amide bonds. The number of hydrogen-bond donors (Lipinski definition) is 2. The summed E-state index contributed by atoms with van der Waals surface area (Å²) in [5.41, 5.74) is 6.22. The molecule has 0 aliphatic heterocycles. The number of ether oxygens (including phenoxy) is 1. The third-order valence-corrected chi connectivity index (χ3v) is 3.44. The summed E-state index contributed by atoms with van der Waals surface area (Å²) in [5.74, 6) is -0.627. The van der Waals surface area contributed by atoms with Crippen LogP contribution in [0.5, 0.6) is 0 Å². The molecule has 6 heteroatoms. The Kier molecular flexibility index (Phi) is 6.01. The van der Waals surface area contributed by atoms with Gasteiger partial charge in [0.2, 0.25) is 0 Å². The highest BCUT2D eigenvalue weighted by Crippen LogP contribution is 2.26. The third kappa shape index (κ3) is 4.23. The van der Waals surface area contributed by atoms with E-state index in [-0.39, 0.29) is 5.97 Å². The Labute approximate surface area is 127 Å². The van der Waals surface area contributed by atoms with Gasteiger partial charge in [-0.05, 0) is 40.4 Å². The van der Waals surface area contributed by atoms with Crippen molar-refractivity contribution in [1.82, 2.24) is 0 Å².